The molecule has 4 rings (SSSR count). The number of rotatable bonds is 4. The number of aryl methyl sites for hydroxylation is 2. The molecule has 146 valence electrons. The molecule has 29 heavy (non-hydrogen) atoms. The number of ketones is 1. The van der Waals surface area contributed by atoms with E-state index in [4.69, 9.17) is 4.42 Å². The fourth-order valence-corrected chi connectivity index (χ4v) is 3.63. The van der Waals surface area contributed by atoms with Crippen molar-refractivity contribution in [1.82, 2.24) is 9.88 Å². The summed E-state index contributed by atoms with van der Waals surface area (Å²) in [5.74, 6) is -1.03. The van der Waals surface area contributed by atoms with Gasteiger partial charge in [0.25, 0.3) is 11.7 Å². The normalized spacial score (nSPS) is 18.4. The molecule has 0 radical (unpaired) electrons. The third kappa shape index (κ3) is 3.33. The second-order valence-electron chi connectivity index (χ2n) is 7.11. The topological polar surface area (TPSA) is 83.6 Å². The fraction of sp³-hybridized carbons (Fsp3) is 0.174. The first-order chi connectivity index (χ1) is 14.0. The van der Waals surface area contributed by atoms with Crippen molar-refractivity contribution in [1.29, 1.82) is 0 Å². The molecule has 1 aliphatic rings. The lowest BCUT2D eigenvalue weighted by molar-refractivity contribution is -0.140. The van der Waals surface area contributed by atoms with Gasteiger partial charge in [0.2, 0.25) is 0 Å². The van der Waals surface area contributed by atoms with Crippen molar-refractivity contribution in [3.8, 4) is 0 Å². The summed E-state index contributed by atoms with van der Waals surface area (Å²) in [6.07, 6.45) is 4.73. The Labute approximate surface area is 168 Å². The van der Waals surface area contributed by atoms with Crippen LogP contribution in [0.5, 0.6) is 0 Å². The van der Waals surface area contributed by atoms with Gasteiger partial charge < -0.3 is 14.4 Å². The number of amides is 1. The smallest absolute Gasteiger partial charge is 0.296 e. The quantitative estimate of drug-likeness (QED) is 0.416. The number of furan rings is 1. The van der Waals surface area contributed by atoms with Gasteiger partial charge in [-0.3, -0.25) is 14.6 Å². The number of aliphatic hydroxyl groups excluding tert-OH is 1. The van der Waals surface area contributed by atoms with Crippen LogP contribution in [-0.2, 0) is 16.1 Å². The summed E-state index contributed by atoms with van der Waals surface area (Å²) >= 11 is 0. The maximum absolute atomic E-state index is 13.0. The zero-order valence-corrected chi connectivity index (χ0v) is 16.1. The highest BCUT2D eigenvalue weighted by Gasteiger charge is 2.46. The van der Waals surface area contributed by atoms with Gasteiger partial charge in [-0.2, -0.15) is 0 Å². The second kappa shape index (κ2) is 7.39. The summed E-state index contributed by atoms with van der Waals surface area (Å²) in [5.41, 5.74) is 3.00. The Morgan fingerprint density at radius 2 is 2.00 bits per heavy atom. The average molecular weight is 388 g/mol. The average Bonchev–Trinajstić information content (AvgIpc) is 3.32. The molecule has 0 spiro atoms. The summed E-state index contributed by atoms with van der Waals surface area (Å²) in [4.78, 5) is 31.4. The number of benzene rings is 1. The molecule has 2 aromatic heterocycles. The first-order valence-corrected chi connectivity index (χ1v) is 9.25. The van der Waals surface area contributed by atoms with Gasteiger partial charge in [0, 0.05) is 18.0 Å². The Hall–Kier alpha value is -3.67. The van der Waals surface area contributed by atoms with Gasteiger partial charge >= 0.3 is 0 Å². The summed E-state index contributed by atoms with van der Waals surface area (Å²) < 4.78 is 5.38. The minimum Gasteiger partial charge on any atom is -0.507 e. The molecular weight excluding hydrogens is 368 g/mol. The zero-order valence-electron chi connectivity index (χ0n) is 16.1. The van der Waals surface area contributed by atoms with Crippen LogP contribution in [0.25, 0.3) is 5.76 Å². The Bertz CT molecular complexity index is 1100. The van der Waals surface area contributed by atoms with Crippen LogP contribution < -0.4 is 0 Å². The molecular formula is C23H20N2O4. The molecule has 1 amide bonds. The maximum atomic E-state index is 13.0. The van der Waals surface area contributed by atoms with E-state index in [1.807, 2.05) is 32.0 Å². The van der Waals surface area contributed by atoms with Crippen LogP contribution in [0.15, 0.2) is 71.1 Å². The van der Waals surface area contributed by atoms with Gasteiger partial charge in [-0.05, 0) is 49.2 Å². The fourth-order valence-electron chi connectivity index (χ4n) is 3.63. The number of carbonyl (C=O) groups excluding carboxylic acids is 2. The number of likely N-dealkylation sites (tertiary alicyclic amines) is 1. The molecule has 0 aliphatic carbocycles. The molecule has 1 aromatic carbocycles. The first kappa shape index (κ1) is 18.7. The molecule has 3 heterocycles. The van der Waals surface area contributed by atoms with Crippen molar-refractivity contribution in [2.24, 2.45) is 0 Å². The third-order valence-corrected chi connectivity index (χ3v) is 5.09. The molecule has 0 saturated carbocycles. The number of hydrogen-bond donors (Lipinski definition) is 1. The molecule has 3 aromatic rings. The van der Waals surface area contributed by atoms with E-state index in [0.29, 0.717) is 16.9 Å². The first-order valence-electron chi connectivity index (χ1n) is 9.25. The molecule has 1 saturated heterocycles. The van der Waals surface area contributed by atoms with Crippen LogP contribution in [0.4, 0.5) is 0 Å². The Morgan fingerprint density at radius 1 is 1.17 bits per heavy atom. The lowest BCUT2D eigenvalue weighted by Crippen LogP contribution is -2.29. The van der Waals surface area contributed by atoms with E-state index in [-0.39, 0.29) is 17.9 Å². The number of nitrogens with zero attached hydrogens (tertiary/aromatic N) is 2. The SMILES string of the molecule is Cc1ccc(C)c(C(O)=C2C(=O)C(=O)N(Cc3ccco3)[C@@H]2c2cccnc2)c1. The Morgan fingerprint density at radius 3 is 2.69 bits per heavy atom. The van der Waals surface area contributed by atoms with Crippen molar-refractivity contribution in [3.63, 3.8) is 0 Å². The summed E-state index contributed by atoms with van der Waals surface area (Å²) in [7, 11) is 0. The summed E-state index contributed by atoms with van der Waals surface area (Å²) in [6, 6.07) is 11.8. The van der Waals surface area contributed by atoms with Gasteiger partial charge in [0.15, 0.2) is 0 Å². The molecule has 1 fully saturated rings. The van der Waals surface area contributed by atoms with Gasteiger partial charge in [-0.25, -0.2) is 0 Å². The van der Waals surface area contributed by atoms with Crippen LogP contribution in [0, 0.1) is 13.8 Å². The van der Waals surface area contributed by atoms with Crippen LogP contribution in [-0.4, -0.2) is 26.7 Å². The largest absolute Gasteiger partial charge is 0.507 e. The van der Waals surface area contributed by atoms with Crippen LogP contribution >= 0.6 is 0 Å². The Kier molecular flexibility index (Phi) is 4.76. The van der Waals surface area contributed by atoms with E-state index in [1.165, 1.54) is 11.2 Å². The lowest BCUT2D eigenvalue weighted by Gasteiger charge is -2.24. The van der Waals surface area contributed by atoms with E-state index in [0.717, 1.165) is 11.1 Å². The van der Waals surface area contributed by atoms with Crippen molar-refractivity contribution in [2.45, 2.75) is 26.4 Å². The maximum Gasteiger partial charge on any atom is 0.296 e. The predicted molar refractivity (Wildman–Crippen MR) is 107 cm³/mol. The molecule has 1 N–H and O–H groups in total. The zero-order chi connectivity index (χ0) is 20.5. The molecule has 1 aliphatic heterocycles. The Balaban J connectivity index is 1.90. The van der Waals surface area contributed by atoms with E-state index >= 15 is 0 Å². The third-order valence-electron chi connectivity index (χ3n) is 5.09. The number of Topliss-reactive ketones (excluding diaryl/α,β-unsaturated/α-hetero) is 1. The van der Waals surface area contributed by atoms with E-state index in [2.05, 4.69) is 4.98 Å². The van der Waals surface area contributed by atoms with Crippen molar-refractivity contribution < 1.29 is 19.1 Å². The second-order valence-corrected chi connectivity index (χ2v) is 7.11. The number of hydrogen-bond acceptors (Lipinski definition) is 5. The number of aliphatic hydroxyl groups is 1. The minimum absolute atomic E-state index is 0.0586. The summed E-state index contributed by atoms with van der Waals surface area (Å²) in [6.45, 7) is 3.87. The van der Waals surface area contributed by atoms with Crippen molar-refractivity contribution in [2.75, 3.05) is 0 Å². The number of carbonyl (C=O) groups is 2. The van der Waals surface area contributed by atoms with E-state index in [1.54, 1.807) is 36.7 Å². The van der Waals surface area contributed by atoms with E-state index in [9.17, 15) is 14.7 Å². The van der Waals surface area contributed by atoms with E-state index < -0.39 is 17.7 Å². The number of pyridine rings is 1. The highest BCUT2D eigenvalue weighted by atomic mass is 16.3. The molecule has 6 heteroatoms. The number of aromatic nitrogens is 1. The minimum atomic E-state index is -0.756. The molecule has 6 nitrogen and oxygen atoms in total. The summed E-state index contributed by atoms with van der Waals surface area (Å²) in [5, 5.41) is 11.1. The highest BCUT2D eigenvalue weighted by molar-refractivity contribution is 6.46. The van der Waals surface area contributed by atoms with Crippen LogP contribution in [0.2, 0.25) is 0 Å². The standard InChI is InChI=1S/C23H20N2O4/c1-14-7-8-15(2)18(11-14)21(26)19-20(16-5-3-9-24-12-16)25(23(28)22(19)27)13-17-6-4-10-29-17/h3-12,20,26H,13H2,1-2H3/t20-/m1/s1. The van der Waals surface area contributed by atoms with Crippen molar-refractivity contribution in [3.05, 3.63) is 94.7 Å². The van der Waals surface area contributed by atoms with Crippen LogP contribution in [0.1, 0.15) is 34.1 Å². The van der Waals surface area contributed by atoms with Crippen molar-refractivity contribution >= 4 is 17.4 Å². The molecule has 0 unspecified atom stereocenters. The van der Waals surface area contributed by atoms with Gasteiger partial charge in [0.1, 0.15) is 11.5 Å². The van der Waals surface area contributed by atoms with Gasteiger partial charge in [0.05, 0.1) is 24.4 Å². The highest BCUT2D eigenvalue weighted by Crippen LogP contribution is 2.40. The van der Waals surface area contributed by atoms with Gasteiger partial charge in [-0.1, -0.05) is 23.8 Å². The predicted octanol–water partition coefficient (Wildman–Crippen LogP) is 3.91. The molecule has 1 atom stereocenters. The van der Waals surface area contributed by atoms with Crippen LogP contribution in [0.3, 0.4) is 0 Å². The lowest BCUT2D eigenvalue weighted by atomic mass is 9.94. The molecule has 0 bridgehead atoms. The monoisotopic (exact) mass is 388 g/mol. The van der Waals surface area contributed by atoms with Gasteiger partial charge in [-0.15, -0.1) is 0 Å².